The lowest BCUT2D eigenvalue weighted by Gasteiger charge is -2.02. The Morgan fingerprint density at radius 3 is 2.44 bits per heavy atom. The fourth-order valence-corrected chi connectivity index (χ4v) is 2.78. The molecule has 0 aliphatic rings. The normalized spacial score (nSPS) is 11.0. The molecule has 0 aliphatic carbocycles. The van der Waals surface area contributed by atoms with Crippen molar-refractivity contribution >= 4 is 34.1 Å². The summed E-state index contributed by atoms with van der Waals surface area (Å²) in [5, 5.41) is 2.60. The Kier molecular flexibility index (Phi) is 3.02. The number of para-hydroxylation sites is 1. The molecule has 1 nitrogen and oxygen atoms in total. The van der Waals surface area contributed by atoms with Crippen molar-refractivity contribution in [3.05, 3.63) is 69.8 Å². The number of rotatable bonds is 2. The molecule has 0 aliphatic heterocycles. The highest BCUT2D eigenvalue weighted by molar-refractivity contribution is 6.34. The summed E-state index contributed by atoms with van der Waals surface area (Å²) in [4.78, 5) is 3.27. The molecule has 1 N–H and O–H groups in total. The van der Waals surface area contributed by atoms with Gasteiger partial charge in [0.2, 0.25) is 0 Å². The Bertz CT molecular complexity index is 680. The molecular formula is C15H11Cl2N. The maximum absolute atomic E-state index is 6.02. The molecule has 1 aromatic heterocycles. The average molecular weight is 276 g/mol. The molecule has 3 aromatic rings. The summed E-state index contributed by atoms with van der Waals surface area (Å²) in [6.07, 6.45) is 2.86. The van der Waals surface area contributed by atoms with Crippen molar-refractivity contribution in [3.63, 3.8) is 0 Å². The summed E-state index contributed by atoms with van der Waals surface area (Å²) in [5.41, 5.74) is 3.53. The van der Waals surface area contributed by atoms with Gasteiger partial charge in [-0.3, -0.25) is 0 Å². The van der Waals surface area contributed by atoms with E-state index in [1.54, 1.807) is 6.07 Å². The van der Waals surface area contributed by atoms with Crippen LogP contribution in [-0.4, -0.2) is 4.98 Å². The van der Waals surface area contributed by atoms with Crippen molar-refractivity contribution < 1.29 is 0 Å². The highest BCUT2D eigenvalue weighted by atomic mass is 35.5. The molecule has 0 saturated heterocycles. The second-order valence-corrected chi connectivity index (χ2v) is 5.19. The Hall–Kier alpha value is -1.44. The number of halogens is 2. The highest BCUT2D eigenvalue weighted by Crippen LogP contribution is 2.24. The van der Waals surface area contributed by atoms with E-state index in [0.29, 0.717) is 10.0 Å². The monoisotopic (exact) mass is 275 g/mol. The lowest BCUT2D eigenvalue weighted by Crippen LogP contribution is -1.87. The van der Waals surface area contributed by atoms with Gasteiger partial charge in [0.1, 0.15) is 0 Å². The minimum Gasteiger partial charge on any atom is -0.361 e. The molecule has 2 aromatic carbocycles. The van der Waals surface area contributed by atoms with Gasteiger partial charge in [0.05, 0.1) is 0 Å². The van der Waals surface area contributed by atoms with Gasteiger partial charge in [-0.05, 0) is 41.8 Å². The first kappa shape index (κ1) is 11.6. The average Bonchev–Trinajstić information content (AvgIpc) is 2.72. The number of benzene rings is 2. The van der Waals surface area contributed by atoms with Crippen molar-refractivity contribution in [2.24, 2.45) is 0 Å². The van der Waals surface area contributed by atoms with Crippen molar-refractivity contribution in [3.8, 4) is 0 Å². The smallest absolute Gasteiger partial charge is 0.0456 e. The molecule has 0 atom stereocenters. The largest absolute Gasteiger partial charge is 0.361 e. The van der Waals surface area contributed by atoms with Crippen molar-refractivity contribution in [1.82, 2.24) is 4.98 Å². The second kappa shape index (κ2) is 4.68. The van der Waals surface area contributed by atoms with Gasteiger partial charge in [0.25, 0.3) is 0 Å². The molecule has 18 heavy (non-hydrogen) atoms. The Morgan fingerprint density at radius 1 is 0.944 bits per heavy atom. The maximum Gasteiger partial charge on any atom is 0.0456 e. The zero-order valence-corrected chi connectivity index (χ0v) is 11.1. The number of hydrogen-bond donors (Lipinski definition) is 1. The zero-order chi connectivity index (χ0) is 12.5. The Morgan fingerprint density at radius 2 is 1.67 bits per heavy atom. The molecule has 0 spiro atoms. The van der Waals surface area contributed by atoms with Gasteiger partial charge < -0.3 is 4.98 Å². The minimum absolute atomic E-state index is 0.678. The molecule has 90 valence electrons. The van der Waals surface area contributed by atoms with Gasteiger partial charge in [0, 0.05) is 27.1 Å². The number of fused-ring (bicyclic) bond motifs is 1. The molecule has 3 heteroatoms. The van der Waals surface area contributed by atoms with Crippen LogP contribution in [0.2, 0.25) is 10.0 Å². The van der Waals surface area contributed by atoms with Gasteiger partial charge in [-0.2, -0.15) is 0 Å². The van der Waals surface area contributed by atoms with Crippen LogP contribution in [-0.2, 0) is 6.42 Å². The molecule has 0 fully saturated rings. The first-order valence-corrected chi connectivity index (χ1v) is 6.48. The van der Waals surface area contributed by atoms with Crippen LogP contribution in [0, 0.1) is 0 Å². The van der Waals surface area contributed by atoms with Gasteiger partial charge >= 0.3 is 0 Å². The Balaban J connectivity index is 2.01. The molecular weight excluding hydrogens is 265 g/mol. The fraction of sp³-hybridized carbons (Fsp3) is 0.0667. The third-order valence-electron chi connectivity index (χ3n) is 2.99. The van der Waals surface area contributed by atoms with Crippen LogP contribution < -0.4 is 0 Å². The SMILES string of the molecule is Clc1cc(Cl)cc(Cc2c[nH]c3ccccc23)c1. The summed E-state index contributed by atoms with van der Waals surface area (Å²) >= 11 is 12.0. The first-order valence-electron chi connectivity index (χ1n) is 5.72. The van der Waals surface area contributed by atoms with E-state index in [0.717, 1.165) is 17.5 Å². The molecule has 0 saturated carbocycles. The van der Waals surface area contributed by atoms with E-state index in [2.05, 4.69) is 17.1 Å². The fourth-order valence-electron chi connectivity index (χ4n) is 2.21. The van der Waals surface area contributed by atoms with Crippen LogP contribution in [0.5, 0.6) is 0 Å². The van der Waals surface area contributed by atoms with Crippen LogP contribution in [0.4, 0.5) is 0 Å². The predicted molar refractivity (Wildman–Crippen MR) is 77.6 cm³/mol. The number of nitrogens with one attached hydrogen (secondary N) is 1. The van der Waals surface area contributed by atoms with Crippen molar-refractivity contribution in [2.75, 3.05) is 0 Å². The summed E-state index contributed by atoms with van der Waals surface area (Å²) in [6, 6.07) is 13.9. The molecule has 1 heterocycles. The summed E-state index contributed by atoms with van der Waals surface area (Å²) < 4.78 is 0. The van der Waals surface area contributed by atoms with Crippen LogP contribution in [0.1, 0.15) is 11.1 Å². The van der Waals surface area contributed by atoms with Crippen LogP contribution in [0.25, 0.3) is 10.9 Å². The Labute approximate surface area is 115 Å². The third kappa shape index (κ3) is 2.24. The standard InChI is InChI=1S/C15H11Cl2N/c16-12-6-10(7-13(17)8-12)5-11-9-18-15-4-2-1-3-14(11)15/h1-4,6-9,18H,5H2. The molecule has 0 radical (unpaired) electrons. The summed E-state index contributed by atoms with van der Waals surface area (Å²) in [7, 11) is 0. The van der Waals surface area contributed by atoms with E-state index in [9.17, 15) is 0 Å². The van der Waals surface area contributed by atoms with Crippen LogP contribution >= 0.6 is 23.2 Å². The number of hydrogen-bond acceptors (Lipinski definition) is 0. The maximum atomic E-state index is 6.02. The zero-order valence-electron chi connectivity index (χ0n) is 9.58. The second-order valence-electron chi connectivity index (χ2n) is 4.31. The number of H-pyrrole nitrogens is 1. The quantitative estimate of drug-likeness (QED) is 0.673. The van der Waals surface area contributed by atoms with E-state index in [1.165, 1.54) is 10.9 Å². The highest BCUT2D eigenvalue weighted by Gasteiger charge is 2.05. The molecule has 0 unspecified atom stereocenters. The van der Waals surface area contributed by atoms with Crippen molar-refractivity contribution in [1.29, 1.82) is 0 Å². The summed E-state index contributed by atoms with van der Waals surface area (Å²) in [5.74, 6) is 0. The van der Waals surface area contributed by atoms with Gasteiger partial charge in [-0.15, -0.1) is 0 Å². The van der Waals surface area contributed by atoms with Crippen LogP contribution in [0.3, 0.4) is 0 Å². The van der Waals surface area contributed by atoms with E-state index < -0.39 is 0 Å². The molecule has 3 rings (SSSR count). The van der Waals surface area contributed by atoms with E-state index >= 15 is 0 Å². The van der Waals surface area contributed by atoms with Crippen LogP contribution in [0.15, 0.2) is 48.7 Å². The minimum atomic E-state index is 0.678. The number of aromatic nitrogens is 1. The third-order valence-corrected chi connectivity index (χ3v) is 3.43. The van der Waals surface area contributed by atoms with Gasteiger partial charge in [0.15, 0.2) is 0 Å². The van der Waals surface area contributed by atoms with Gasteiger partial charge in [-0.25, -0.2) is 0 Å². The van der Waals surface area contributed by atoms with Gasteiger partial charge in [-0.1, -0.05) is 41.4 Å². The topological polar surface area (TPSA) is 15.8 Å². The lowest BCUT2D eigenvalue weighted by atomic mass is 10.0. The molecule has 0 bridgehead atoms. The number of aromatic amines is 1. The lowest BCUT2D eigenvalue weighted by molar-refractivity contribution is 1.21. The van der Waals surface area contributed by atoms with E-state index in [4.69, 9.17) is 23.2 Å². The van der Waals surface area contributed by atoms with E-state index in [1.807, 2.05) is 30.5 Å². The predicted octanol–water partition coefficient (Wildman–Crippen LogP) is 5.07. The first-order chi connectivity index (χ1) is 8.72. The van der Waals surface area contributed by atoms with Crippen molar-refractivity contribution in [2.45, 2.75) is 6.42 Å². The summed E-state index contributed by atoms with van der Waals surface area (Å²) in [6.45, 7) is 0. The molecule has 0 amide bonds. The van der Waals surface area contributed by atoms with E-state index in [-0.39, 0.29) is 0 Å².